The summed E-state index contributed by atoms with van der Waals surface area (Å²) in [5.41, 5.74) is 2.73. The van der Waals surface area contributed by atoms with Gasteiger partial charge in [-0.05, 0) is 42.7 Å². The van der Waals surface area contributed by atoms with E-state index in [2.05, 4.69) is 26.1 Å². The van der Waals surface area contributed by atoms with Crippen molar-refractivity contribution in [1.82, 2.24) is 15.1 Å². The van der Waals surface area contributed by atoms with E-state index >= 15 is 0 Å². The van der Waals surface area contributed by atoms with E-state index < -0.39 is 0 Å². The van der Waals surface area contributed by atoms with Crippen molar-refractivity contribution in [3.05, 3.63) is 76.2 Å². The molecule has 0 radical (unpaired) electrons. The SMILES string of the molecule is CC(C)(C)c1nn(-c2ccccc2Cl)c2c1C(c1ccc(F)cc1)SCC(=O)N2CC(=O)NC1CC1. The van der Waals surface area contributed by atoms with Gasteiger partial charge in [-0.15, -0.1) is 11.8 Å². The van der Waals surface area contributed by atoms with Gasteiger partial charge >= 0.3 is 0 Å². The fourth-order valence-electron chi connectivity index (χ4n) is 4.41. The first kappa shape index (κ1) is 24.8. The van der Waals surface area contributed by atoms with Crippen LogP contribution in [0.1, 0.15) is 55.7 Å². The maximum absolute atomic E-state index is 13.8. The van der Waals surface area contributed by atoms with Crippen LogP contribution in [0.4, 0.5) is 10.2 Å². The zero-order valence-corrected chi connectivity index (χ0v) is 22.0. The Kier molecular flexibility index (Phi) is 6.59. The van der Waals surface area contributed by atoms with Crippen LogP contribution < -0.4 is 10.2 Å². The minimum Gasteiger partial charge on any atom is -0.352 e. The van der Waals surface area contributed by atoms with Gasteiger partial charge in [0.15, 0.2) is 0 Å². The highest BCUT2D eigenvalue weighted by Crippen LogP contribution is 2.48. The number of nitrogens with one attached hydrogen (secondary N) is 1. The molecule has 1 aromatic heterocycles. The van der Waals surface area contributed by atoms with E-state index in [1.54, 1.807) is 22.9 Å². The molecule has 0 spiro atoms. The molecule has 0 bridgehead atoms. The van der Waals surface area contributed by atoms with Crippen molar-refractivity contribution < 1.29 is 14.0 Å². The monoisotopic (exact) mass is 526 g/mol. The highest BCUT2D eigenvalue weighted by molar-refractivity contribution is 8.00. The Bertz CT molecular complexity index is 1310. The maximum Gasteiger partial charge on any atom is 0.240 e. The van der Waals surface area contributed by atoms with Crippen molar-refractivity contribution in [1.29, 1.82) is 0 Å². The summed E-state index contributed by atoms with van der Waals surface area (Å²) in [4.78, 5) is 28.0. The molecule has 2 aliphatic rings. The Morgan fingerprint density at radius 3 is 2.50 bits per heavy atom. The average Bonchev–Trinajstić information content (AvgIpc) is 3.57. The highest BCUT2D eigenvalue weighted by Gasteiger charge is 2.40. The Hall–Kier alpha value is -2.84. The van der Waals surface area contributed by atoms with Crippen molar-refractivity contribution in [2.24, 2.45) is 0 Å². The standard InChI is InChI=1S/C27H28ClFN4O2S/c1-27(2,3)25-23-24(16-8-10-17(29)11-9-16)36-15-22(35)32(14-21(34)30-18-12-13-18)26(23)33(31-25)20-7-5-4-6-19(20)28/h4-11,18,24H,12-15H2,1-3H3,(H,30,34). The lowest BCUT2D eigenvalue weighted by Crippen LogP contribution is -2.43. The summed E-state index contributed by atoms with van der Waals surface area (Å²) in [6.07, 6.45) is 1.91. The van der Waals surface area contributed by atoms with Gasteiger partial charge in [-0.1, -0.05) is 56.6 Å². The molecule has 1 saturated carbocycles. The Labute approximate surface area is 219 Å². The van der Waals surface area contributed by atoms with E-state index in [0.717, 1.165) is 29.7 Å². The third-order valence-electron chi connectivity index (χ3n) is 6.30. The molecule has 2 amide bonds. The molecule has 1 aliphatic heterocycles. The molecule has 1 aliphatic carbocycles. The molecule has 1 atom stereocenters. The molecule has 2 aromatic carbocycles. The van der Waals surface area contributed by atoms with Crippen LogP contribution in [-0.2, 0) is 15.0 Å². The molecule has 5 rings (SSSR count). The van der Waals surface area contributed by atoms with Gasteiger partial charge in [0.25, 0.3) is 0 Å². The lowest BCUT2D eigenvalue weighted by atomic mass is 9.87. The number of hydrogen-bond donors (Lipinski definition) is 1. The van der Waals surface area contributed by atoms with Crippen LogP contribution in [0.3, 0.4) is 0 Å². The number of amides is 2. The lowest BCUT2D eigenvalue weighted by molar-refractivity contribution is -0.123. The molecule has 9 heteroatoms. The van der Waals surface area contributed by atoms with Crippen LogP contribution in [0.15, 0.2) is 48.5 Å². The fourth-order valence-corrected chi connectivity index (χ4v) is 5.82. The van der Waals surface area contributed by atoms with Crippen LogP contribution in [0.5, 0.6) is 0 Å². The number of halogens is 2. The number of fused-ring (bicyclic) bond motifs is 1. The van der Waals surface area contributed by atoms with Gasteiger partial charge in [-0.25, -0.2) is 9.07 Å². The van der Waals surface area contributed by atoms with Crippen LogP contribution in [0.25, 0.3) is 5.69 Å². The molecule has 6 nitrogen and oxygen atoms in total. The van der Waals surface area contributed by atoms with Crippen LogP contribution in [0, 0.1) is 5.82 Å². The quantitative estimate of drug-likeness (QED) is 0.482. The smallest absolute Gasteiger partial charge is 0.240 e. The number of nitrogens with zero attached hydrogens (tertiary/aromatic N) is 3. The molecule has 1 fully saturated rings. The van der Waals surface area contributed by atoms with Crippen molar-refractivity contribution >= 4 is 41.0 Å². The van der Waals surface area contributed by atoms with Gasteiger partial charge in [-0.3, -0.25) is 14.5 Å². The van der Waals surface area contributed by atoms with E-state index in [9.17, 15) is 14.0 Å². The topological polar surface area (TPSA) is 67.2 Å². The van der Waals surface area contributed by atoms with E-state index in [0.29, 0.717) is 16.5 Å². The normalized spacial score (nSPS) is 18.1. The third-order valence-corrected chi connectivity index (χ3v) is 7.87. The summed E-state index contributed by atoms with van der Waals surface area (Å²) in [6.45, 7) is 6.08. The number of para-hydroxylation sites is 1. The number of rotatable bonds is 5. The average molecular weight is 527 g/mol. The molecule has 0 saturated heterocycles. The number of aromatic nitrogens is 2. The van der Waals surface area contributed by atoms with Crippen molar-refractivity contribution in [3.8, 4) is 5.69 Å². The molecule has 188 valence electrons. The predicted octanol–water partition coefficient (Wildman–Crippen LogP) is 5.41. The van der Waals surface area contributed by atoms with Gasteiger partial charge in [0.1, 0.15) is 18.2 Å². The van der Waals surface area contributed by atoms with Gasteiger partial charge < -0.3 is 5.32 Å². The Morgan fingerprint density at radius 2 is 1.86 bits per heavy atom. The second kappa shape index (κ2) is 9.56. The fraction of sp³-hybridized carbons (Fsp3) is 0.370. The van der Waals surface area contributed by atoms with E-state index in [-0.39, 0.29) is 46.6 Å². The molecule has 36 heavy (non-hydrogen) atoms. The number of carbonyl (C=O) groups is 2. The van der Waals surface area contributed by atoms with Gasteiger partial charge in [0.2, 0.25) is 11.8 Å². The van der Waals surface area contributed by atoms with Gasteiger partial charge in [0.05, 0.1) is 27.4 Å². The molecule has 1 unspecified atom stereocenters. The first-order valence-corrected chi connectivity index (χ1v) is 13.4. The predicted molar refractivity (Wildman–Crippen MR) is 141 cm³/mol. The second-order valence-electron chi connectivity index (χ2n) is 10.3. The Balaban J connectivity index is 1.75. The lowest BCUT2D eigenvalue weighted by Gasteiger charge is -2.24. The molecular formula is C27H28ClFN4O2S. The zero-order chi connectivity index (χ0) is 25.6. The van der Waals surface area contributed by atoms with Crippen LogP contribution in [0.2, 0.25) is 5.02 Å². The minimum atomic E-state index is -0.384. The number of benzene rings is 2. The number of anilines is 1. The molecule has 2 heterocycles. The second-order valence-corrected chi connectivity index (χ2v) is 11.8. The molecular weight excluding hydrogens is 499 g/mol. The minimum absolute atomic E-state index is 0.112. The highest BCUT2D eigenvalue weighted by atomic mass is 35.5. The maximum atomic E-state index is 13.8. The number of carbonyl (C=O) groups excluding carboxylic acids is 2. The van der Waals surface area contributed by atoms with E-state index in [4.69, 9.17) is 16.7 Å². The van der Waals surface area contributed by atoms with Crippen molar-refractivity contribution in [2.75, 3.05) is 17.2 Å². The summed E-state index contributed by atoms with van der Waals surface area (Å²) in [5, 5.41) is 8.20. The summed E-state index contributed by atoms with van der Waals surface area (Å²) >= 11 is 8.08. The van der Waals surface area contributed by atoms with Crippen LogP contribution in [-0.4, -0.2) is 39.9 Å². The van der Waals surface area contributed by atoms with Crippen molar-refractivity contribution in [3.63, 3.8) is 0 Å². The van der Waals surface area contributed by atoms with Crippen LogP contribution >= 0.6 is 23.4 Å². The zero-order valence-electron chi connectivity index (χ0n) is 20.4. The van der Waals surface area contributed by atoms with Gasteiger partial charge in [-0.2, -0.15) is 5.10 Å². The van der Waals surface area contributed by atoms with Gasteiger partial charge in [0, 0.05) is 17.0 Å². The number of thioether (sulfide) groups is 1. The van der Waals surface area contributed by atoms with E-state index in [1.807, 2.05) is 18.2 Å². The summed E-state index contributed by atoms with van der Waals surface area (Å²) < 4.78 is 15.5. The number of hydrogen-bond acceptors (Lipinski definition) is 4. The van der Waals surface area contributed by atoms with E-state index in [1.165, 1.54) is 28.8 Å². The summed E-state index contributed by atoms with van der Waals surface area (Å²) in [6, 6.07) is 13.8. The summed E-state index contributed by atoms with van der Waals surface area (Å²) in [5.74, 6) is -0.0191. The first-order chi connectivity index (χ1) is 17.1. The summed E-state index contributed by atoms with van der Waals surface area (Å²) in [7, 11) is 0. The first-order valence-electron chi connectivity index (χ1n) is 12.0. The Morgan fingerprint density at radius 1 is 1.17 bits per heavy atom. The van der Waals surface area contributed by atoms with Crippen molar-refractivity contribution in [2.45, 2.75) is 50.3 Å². The third kappa shape index (κ3) is 4.89. The largest absolute Gasteiger partial charge is 0.352 e. The molecule has 1 N–H and O–H groups in total. The molecule has 3 aromatic rings.